The SMILES string of the molecule is COC(=O)C1=C(C(=O)OC)C(N=Nc2ccc([N+](=O)[O-])cc2)(C(=O)OC)C(C(=O)OC)=C1C(=O)OC. The van der Waals surface area contributed by atoms with Gasteiger partial charge in [-0.2, -0.15) is 10.2 Å². The third-order valence-corrected chi connectivity index (χ3v) is 4.89. The molecule has 0 N–H and O–H groups in total. The van der Waals surface area contributed by atoms with Gasteiger partial charge < -0.3 is 23.7 Å². The Balaban J connectivity index is 3.07. The minimum Gasteiger partial charge on any atom is -0.467 e. The smallest absolute Gasteiger partial charge is 0.345 e. The molecule has 0 saturated heterocycles. The fourth-order valence-electron chi connectivity index (χ4n) is 3.32. The van der Waals surface area contributed by atoms with Crippen molar-refractivity contribution in [3.05, 3.63) is 56.7 Å². The first-order valence-electron chi connectivity index (χ1n) is 9.64. The maximum absolute atomic E-state index is 13.2. The van der Waals surface area contributed by atoms with Crippen LogP contribution >= 0.6 is 0 Å². The van der Waals surface area contributed by atoms with Gasteiger partial charge in [-0.05, 0) is 12.1 Å². The summed E-state index contributed by atoms with van der Waals surface area (Å²) in [4.78, 5) is 74.8. The summed E-state index contributed by atoms with van der Waals surface area (Å²) >= 11 is 0. The number of hydrogen-bond donors (Lipinski definition) is 0. The van der Waals surface area contributed by atoms with E-state index < -0.39 is 62.6 Å². The summed E-state index contributed by atoms with van der Waals surface area (Å²) in [5.74, 6) is -6.83. The summed E-state index contributed by atoms with van der Waals surface area (Å²) in [7, 11) is 4.49. The van der Waals surface area contributed by atoms with Crippen LogP contribution in [0, 0.1) is 10.1 Å². The Morgan fingerprint density at radius 1 is 0.722 bits per heavy atom. The first-order chi connectivity index (χ1) is 17.0. The number of nitro benzene ring substituents is 1. The Hall–Kier alpha value is -4.95. The molecule has 0 fully saturated rings. The third kappa shape index (κ3) is 4.53. The number of nitro groups is 1. The van der Waals surface area contributed by atoms with Crippen LogP contribution in [0.1, 0.15) is 0 Å². The van der Waals surface area contributed by atoms with Crippen molar-refractivity contribution in [2.45, 2.75) is 5.54 Å². The molecule has 0 heterocycles. The van der Waals surface area contributed by atoms with Crippen LogP contribution in [-0.2, 0) is 47.7 Å². The van der Waals surface area contributed by atoms with Crippen molar-refractivity contribution >= 4 is 41.2 Å². The van der Waals surface area contributed by atoms with Crippen LogP contribution in [0.3, 0.4) is 0 Å². The Labute approximate surface area is 202 Å². The maximum Gasteiger partial charge on any atom is 0.345 e. The lowest BCUT2D eigenvalue weighted by Gasteiger charge is -2.25. The number of nitrogens with zero attached hydrogens (tertiary/aromatic N) is 3. The molecule has 0 saturated carbocycles. The van der Waals surface area contributed by atoms with Crippen LogP contribution in [0.4, 0.5) is 11.4 Å². The summed E-state index contributed by atoms with van der Waals surface area (Å²) in [6.45, 7) is 0. The second kappa shape index (κ2) is 11.0. The molecular formula is C21H19N3O12. The number of ether oxygens (including phenoxy) is 5. The average molecular weight is 505 g/mol. The van der Waals surface area contributed by atoms with Gasteiger partial charge in [0.05, 0.1) is 68.5 Å². The number of benzene rings is 1. The second-order valence-corrected chi connectivity index (χ2v) is 6.64. The molecule has 36 heavy (non-hydrogen) atoms. The molecule has 1 aliphatic rings. The van der Waals surface area contributed by atoms with Crippen LogP contribution in [0.15, 0.2) is 56.8 Å². The second-order valence-electron chi connectivity index (χ2n) is 6.64. The van der Waals surface area contributed by atoms with Gasteiger partial charge in [0, 0.05) is 12.1 Å². The van der Waals surface area contributed by atoms with Crippen molar-refractivity contribution in [3.63, 3.8) is 0 Å². The van der Waals surface area contributed by atoms with E-state index in [-0.39, 0.29) is 11.4 Å². The molecule has 0 radical (unpaired) electrons. The number of methoxy groups -OCH3 is 5. The Kier molecular flexibility index (Phi) is 8.33. The molecule has 190 valence electrons. The van der Waals surface area contributed by atoms with Gasteiger partial charge in [-0.15, -0.1) is 0 Å². The summed E-state index contributed by atoms with van der Waals surface area (Å²) in [5.41, 5.74) is -6.88. The van der Waals surface area contributed by atoms with Crippen LogP contribution in [-0.4, -0.2) is 75.9 Å². The third-order valence-electron chi connectivity index (χ3n) is 4.89. The fraction of sp³-hybridized carbons (Fsp3) is 0.286. The number of carbonyl (C=O) groups excluding carboxylic acids is 5. The number of hydrogen-bond acceptors (Lipinski definition) is 14. The van der Waals surface area contributed by atoms with E-state index in [4.69, 9.17) is 14.2 Å². The standard InChI is InChI=1S/C21H19N3O12/c1-32-16(25)12-13(17(26)33-2)15(19(28)35-4)21(20(29)36-5,14(12)18(27)34-3)23-22-10-6-8-11(9-7-10)24(30)31/h6-9H,1-5H3. The fourth-order valence-corrected chi connectivity index (χ4v) is 3.32. The largest absolute Gasteiger partial charge is 0.467 e. The van der Waals surface area contributed by atoms with E-state index in [9.17, 15) is 34.1 Å². The van der Waals surface area contributed by atoms with E-state index in [0.717, 1.165) is 59.8 Å². The number of rotatable bonds is 8. The molecule has 0 unspecified atom stereocenters. The molecule has 15 heteroatoms. The zero-order valence-corrected chi connectivity index (χ0v) is 19.6. The Bertz CT molecular complexity index is 1180. The van der Waals surface area contributed by atoms with E-state index in [1.165, 1.54) is 0 Å². The average Bonchev–Trinajstić information content (AvgIpc) is 3.21. The highest BCUT2D eigenvalue weighted by Crippen LogP contribution is 2.47. The lowest BCUT2D eigenvalue weighted by molar-refractivity contribution is -0.384. The van der Waals surface area contributed by atoms with Gasteiger partial charge in [0.2, 0.25) is 5.54 Å². The maximum atomic E-state index is 13.2. The molecule has 0 amide bonds. The summed E-state index contributed by atoms with van der Waals surface area (Å²) in [6.07, 6.45) is 0. The van der Waals surface area contributed by atoms with Gasteiger partial charge >= 0.3 is 29.8 Å². The predicted octanol–water partition coefficient (Wildman–Crippen LogP) is 0.889. The van der Waals surface area contributed by atoms with E-state index in [0.29, 0.717) is 0 Å². The van der Waals surface area contributed by atoms with Crippen LogP contribution in [0.2, 0.25) is 0 Å². The molecule has 0 aromatic heterocycles. The minimum absolute atomic E-state index is 0.0801. The number of azo groups is 1. The zero-order valence-electron chi connectivity index (χ0n) is 19.6. The van der Waals surface area contributed by atoms with Gasteiger partial charge in [0.15, 0.2) is 0 Å². The van der Waals surface area contributed by atoms with Gasteiger partial charge in [-0.1, -0.05) is 0 Å². The van der Waals surface area contributed by atoms with Crippen LogP contribution in [0.25, 0.3) is 0 Å². The van der Waals surface area contributed by atoms with Gasteiger partial charge in [0.1, 0.15) is 0 Å². The molecule has 15 nitrogen and oxygen atoms in total. The quantitative estimate of drug-likeness (QED) is 0.159. The van der Waals surface area contributed by atoms with E-state index >= 15 is 0 Å². The normalized spacial score (nSPS) is 14.4. The van der Waals surface area contributed by atoms with Crippen molar-refractivity contribution in [1.29, 1.82) is 0 Å². The van der Waals surface area contributed by atoms with Gasteiger partial charge in [0.25, 0.3) is 5.69 Å². The highest BCUT2D eigenvalue weighted by Gasteiger charge is 2.63. The minimum atomic E-state index is -2.90. The van der Waals surface area contributed by atoms with Crippen molar-refractivity contribution in [2.75, 3.05) is 35.5 Å². The number of carbonyl (C=O) groups is 5. The summed E-state index contributed by atoms with van der Waals surface area (Å²) < 4.78 is 23.5. The van der Waals surface area contributed by atoms with E-state index in [2.05, 4.69) is 19.7 Å². The van der Waals surface area contributed by atoms with Crippen molar-refractivity contribution in [3.8, 4) is 0 Å². The number of esters is 5. The molecule has 1 aliphatic carbocycles. The molecule has 2 rings (SSSR count). The predicted molar refractivity (Wildman–Crippen MR) is 114 cm³/mol. The first-order valence-corrected chi connectivity index (χ1v) is 9.64. The molecule has 0 aliphatic heterocycles. The van der Waals surface area contributed by atoms with Crippen molar-refractivity contribution < 1.29 is 52.6 Å². The molecular weight excluding hydrogens is 486 g/mol. The lowest BCUT2D eigenvalue weighted by Crippen LogP contribution is -2.45. The highest BCUT2D eigenvalue weighted by molar-refractivity contribution is 6.25. The molecule has 1 aromatic rings. The lowest BCUT2D eigenvalue weighted by atomic mass is 9.85. The highest BCUT2D eigenvalue weighted by atomic mass is 16.6. The van der Waals surface area contributed by atoms with Gasteiger partial charge in [-0.3, -0.25) is 10.1 Å². The molecule has 0 bridgehead atoms. The van der Waals surface area contributed by atoms with Crippen molar-refractivity contribution in [2.24, 2.45) is 10.2 Å². The van der Waals surface area contributed by atoms with Crippen molar-refractivity contribution in [1.82, 2.24) is 0 Å². The van der Waals surface area contributed by atoms with Crippen LogP contribution in [0.5, 0.6) is 0 Å². The number of non-ortho nitro benzene ring substituents is 1. The summed E-state index contributed by atoms with van der Waals surface area (Å²) in [5, 5.41) is 18.6. The van der Waals surface area contributed by atoms with E-state index in [1.54, 1.807) is 0 Å². The summed E-state index contributed by atoms with van der Waals surface area (Å²) in [6, 6.07) is 4.43. The molecule has 0 spiro atoms. The Morgan fingerprint density at radius 3 is 1.47 bits per heavy atom. The van der Waals surface area contributed by atoms with Crippen LogP contribution < -0.4 is 0 Å². The van der Waals surface area contributed by atoms with E-state index in [1.807, 2.05) is 0 Å². The zero-order chi connectivity index (χ0) is 27.2. The topological polar surface area (TPSA) is 199 Å². The first kappa shape index (κ1) is 27.3. The van der Waals surface area contributed by atoms with Gasteiger partial charge in [-0.25, -0.2) is 24.0 Å². The molecule has 1 aromatic carbocycles. The molecule has 0 atom stereocenters. The monoisotopic (exact) mass is 505 g/mol. The Morgan fingerprint density at radius 2 is 1.14 bits per heavy atom.